The van der Waals surface area contributed by atoms with Crippen LogP contribution in [0.1, 0.15) is 30.0 Å². The first kappa shape index (κ1) is 18.0. The van der Waals surface area contributed by atoms with Gasteiger partial charge in [-0.1, -0.05) is 65.3 Å². The maximum atomic E-state index is 12.4. The van der Waals surface area contributed by atoms with Crippen molar-refractivity contribution >= 4 is 11.7 Å². The van der Waals surface area contributed by atoms with Crippen molar-refractivity contribution < 1.29 is 9.63 Å². The third kappa shape index (κ3) is 4.63. The second-order valence-electron chi connectivity index (χ2n) is 6.54. The van der Waals surface area contributed by atoms with E-state index in [1.54, 1.807) is 4.90 Å². The van der Waals surface area contributed by atoms with E-state index in [-0.39, 0.29) is 12.1 Å². The maximum Gasteiger partial charge on any atom is 0.317 e. The van der Waals surface area contributed by atoms with E-state index >= 15 is 0 Å². The van der Waals surface area contributed by atoms with Gasteiger partial charge in [0.1, 0.15) is 0 Å². The molecule has 0 radical (unpaired) electrons. The van der Waals surface area contributed by atoms with Crippen LogP contribution in [0.15, 0.2) is 59.8 Å². The predicted molar refractivity (Wildman–Crippen MR) is 103 cm³/mol. The van der Waals surface area contributed by atoms with Crippen molar-refractivity contribution in [2.75, 3.05) is 13.1 Å². The first-order valence-electron chi connectivity index (χ1n) is 9.02. The fourth-order valence-electron chi connectivity index (χ4n) is 2.97. The smallest absolute Gasteiger partial charge is 0.317 e. The minimum Gasteiger partial charge on any atom is -0.390 e. The average molecular weight is 351 g/mol. The highest BCUT2D eigenvalue weighted by atomic mass is 16.6. The molecule has 2 aromatic rings. The fourth-order valence-corrected chi connectivity index (χ4v) is 2.97. The normalized spacial score (nSPS) is 15.9. The van der Waals surface area contributed by atoms with E-state index in [9.17, 15) is 4.79 Å². The van der Waals surface area contributed by atoms with Crippen molar-refractivity contribution in [3.8, 4) is 0 Å². The molecule has 0 aliphatic carbocycles. The molecule has 2 aromatic carbocycles. The molecule has 26 heavy (non-hydrogen) atoms. The second kappa shape index (κ2) is 8.52. The third-order valence-electron chi connectivity index (χ3n) is 4.37. The quantitative estimate of drug-likeness (QED) is 0.862. The van der Waals surface area contributed by atoms with Gasteiger partial charge in [-0.25, -0.2) is 4.79 Å². The van der Waals surface area contributed by atoms with Crippen LogP contribution >= 0.6 is 0 Å². The van der Waals surface area contributed by atoms with E-state index in [0.717, 1.165) is 16.8 Å². The lowest BCUT2D eigenvalue weighted by Gasteiger charge is -2.25. The molecule has 0 saturated carbocycles. The van der Waals surface area contributed by atoms with Gasteiger partial charge in [0, 0.05) is 19.5 Å². The average Bonchev–Trinajstić information content (AvgIpc) is 3.11. The number of benzene rings is 2. The standard InChI is InChI=1S/C21H25N3O2/c1-3-22-21(25)24(14-17-7-5-4-6-8-17)15-19-13-20(23-26-19)18-11-9-16(2)10-12-18/h4-12,19H,3,13-15H2,1-2H3,(H,22,25)/t19-/m1/s1. The van der Waals surface area contributed by atoms with Gasteiger partial charge in [-0.15, -0.1) is 0 Å². The van der Waals surface area contributed by atoms with Crippen molar-refractivity contribution in [1.82, 2.24) is 10.2 Å². The van der Waals surface area contributed by atoms with Gasteiger partial charge >= 0.3 is 6.03 Å². The highest BCUT2D eigenvalue weighted by Gasteiger charge is 2.26. The van der Waals surface area contributed by atoms with Gasteiger partial charge in [-0.05, 0) is 25.0 Å². The van der Waals surface area contributed by atoms with Gasteiger partial charge in [0.25, 0.3) is 0 Å². The number of oxime groups is 1. The summed E-state index contributed by atoms with van der Waals surface area (Å²) in [6.45, 7) is 5.63. The lowest BCUT2D eigenvalue weighted by Crippen LogP contribution is -2.43. The zero-order valence-electron chi connectivity index (χ0n) is 15.3. The van der Waals surface area contributed by atoms with Crippen LogP contribution in [0.4, 0.5) is 4.79 Å². The summed E-state index contributed by atoms with van der Waals surface area (Å²) in [5, 5.41) is 7.12. The molecule has 1 aliphatic rings. The molecule has 0 bridgehead atoms. The van der Waals surface area contributed by atoms with E-state index in [1.165, 1.54) is 5.56 Å². The third-order valence-corrected chi connectivity index (χ3v) is 4.37. The Balaban J connectivity index is 1.64. The second-order valence-corrected chi connectivity index (χ2v) is 6.54. The first-order chi connectivity index (χ1) is 12.7. The number of urea groups is 1. The summed E-state index contributed by atoms with van der Waals surface area (Å²) in [4.78, 5) is 19.8. The zero-order valence-corrected chi connectivity index (χ0v) is 15.3. The van der Waals surface area contributed by atoms with E-state index in [2.05, 4.69) is 41.7 Å². The molecular formula is C21H25N3O2. The monoisotopic (exact) mass is 351 g/mol. The van der Waals surface area contributed by atoms with Crippen LogP contribution in [-0.2, 0) is 11.4 Å². The SMILES string of the molecule is CCNC(=O)N(Cc1ccccc1)C[C@H]1CC(c2ccc(C)cc2)=NO1. The summed E-state index contributed by atoms with van der Waals surface area (Å²) in [7, 11) is 0. The van der Waals surface area contributed by atoms with Crippen molar-refractivity contribution in [2.24, 2.45) is 5.16 Å². The van der Waals surface area contributed by atoms with Gasteiger partial charge in [0.05, 0.1) is 12.3 Å². The molecule has 2 amide bonds. The summed E-state index contributed by atoms with van der Waals surface area (Å²) in [6.07, 6.45) is 0.575. The van der Waals surface area contributed by atoms with E-state index in [1.807, 2.05) is 37.3 Å². The van der Waals surface area contributed by atoms with Crippen LogP contribution in [0.25, 0.3) is 0 Å². The molecule has 1 N–H and O–H groups in total. The molecule has 136 valence electrons. The van der Waals surface area contributed by atoms with Crippen LogP contribution < -0.4 is 5.32 Å². The molecular weight excluding hydrogens is 326 g/mol. The van der Waals surface area contributed by atoms with Crippen LogP contribution in [0.3, 0.4) is 0 Å². The van der Waals surface area contributed by atoms with Crippen molar-refractivity contribution in [1.29, 1.82) is 0 Å². The Morgan fingerprint density at radius 2 is 1.92 bits per heavy atom. The van der Waals surface area contributed by atoms with Gasteiger partial charge < -0.3 is 15.1 Å². The maximum absolute atomic E-state index is 12.4. The number of rotatable bonds is 6. The van der Waals surface area contributed by atoms with Gasteiger partial charge in [0.2, 0.25) is 0 Å². The lowest BCUT2D eigenvalue weighted by atomic mass is 10.0. The Labute approximate surface area is 154 Å². The summed E-state index contributed by atoms with van der Waals surface area (Å²) < 4.78 is 0. The number of carbonyl (C=O) groups is 1. The Morgan fingerprint density at radius 1 is 1.19 bits per heavy atom. The van der Waals surface area contributed by atoms with Crippen molar-refractivity contribution in [2.45, 2.75) is 32.9 Å². The molecule has 3 rings (SSSR count). The Bertz CT molecular complexity index is 757. The molecule has 0 spiro atoms. The topological polar surface area (TPSA) is 53.9 Å². The number of amides is 2. The molecule has 0 unspecified atom stereocenters. The fraction of sp³-hybridized carbons (Fsp3) is 0.333. The number of aryl methyl sites for hydroxylation is 1. The minimum absolute atomic E-state index is 0.0799. The summed E-state index contributed by atoms with van der Waals surface area (Å²) >= 11 is 0. The van der Waals surface area contributed by atoms with Crippen LogP contribution in [0.2, 0.25) is 0 Å². The van der Waals surface area contributed by atoms with Gasteiger partial charge in [-0.3, -0.25) is 0 Å². The molecule has 1 atom stereocenters. The zero-order chi connectivity index (χ0) is 18.4. The summed E-state index contributed by atoms with van der Waals surface area (Å²) in [5.74, 6) is 0. The van der Waals surface area contributed by atoms with Gasteiger partial charge in [0.15, 0.2) is 6.10 Å². The predicted octanol–water partition coefficient (Wildman–Crippen LogP) is 3.72. The molecule has 5 nitrogen and oxygen atoms in total. The van der Waals surface area contributed by atoms with Crippen LogP contribution in [0.5, 0.6) is 0 Å². The van der Waals surface area contributed by atoms with Crippen molar-refractivity contribution in [3.05, 3.63) is 71.3 Å². The molecule has 0 saturated heterocycles. The van der Waals surface area contributed by atoms with Crippen LogP contribution in [-0.4, -0.2) is 35.8 Å². The Hall–Kier alpha value is -2.82. The molecule has 0 fully saturated rings. The highest BCUT2D eigenvalue weighted by Crippen LogP contribution is 2.19. The molecule has 5 heteroatoms. The van der Waals surface area contributed by atoms with E-state index in [0.29, 0.717) is 26.1 Å². The van der Waals surface area contributed by atoms with Crippen molar-refractivity contribution in [3.63, 3.8) is 0 Å². The van der Waals surface area contributed by atoms with Crippen LogP contribution in [0, 0.1) is 6.92 Å². The Kier molecular flexibility index (Phi) is 5.89. The number of nitrogens with zero attached hydrogens (tertiary/aromatic N) is 2. The number of nitrogens with one attached hydrogen (secondary N) is 1. The number of carbonyl (C=O) groups excluding carboxylic acids is 1. The lowest BCUT2D eigenvalue weighted by molar-refractivity contribution is 0.0590. The molecule has 1 heterocycles. The van der Waals surface area contributed by atoms with E-state index in [4.69, 9.17) is 4.84 Å². The molecule has 0 aromatic heterocycles. The van der Waals surface area contributed by atoms with Gasteiger partial charge in [-0.2, -0.15) is 0 Å². The Morgan fingerprint density at radius 3 is 2.62 bits per heavy atom. The highest BCUT2D eigenvalue weighted by molar-refractivity contribution is 6.01. The van der Waals surface area contributed by atoms with E-state index < -0.39 is 0 Å². The number of hydrogen-bond acceptors (Lipinski definition) is 3. The molecule has 1 aliphatic heterocycles. The number of hydrogen-bond donors (Lipinski definition) is 1. The summed E-state index contributed by atoms with van der Waals surface area (Å²) in [6, 6.07) is 18.2. The first-order valence-corrected chi connectivity index (χ1v) is 9.02. The summed E-state index contributed by atoms with van der Waals surface area (Å²) in [5.41, 5.74) is 4.32. The minimum atomic E-state index is -0.127. The largest absolute Gasteiger partial charge is 0.390 e.